The molecule has 0 saturated heterocycles. The third kappa shape index (κ3) is 3.75. The van der Waals surface area contributed by atoms with E-state index >= 15 is 0 Å². The van der Waals surface area contributed by atoms with Gasteiger partial charge in [-0.1, -0.05) is 0 Å². The summed E-state index contributed by atoms with van der Waals surface area (Å²) in [6, 6.07) is 9.14. The number of carbonyl (C=O) groups excluding carboxylic acids is 2. The molecule has 0 fully saturated rings. The normalized spacial score (nSPS) is 10.3. The van der Waals surface area contributed by atoms with Gasteiger partial charge >= 0.3 is 5.69 Å². The minimum absolute atomic E-state index is 0.0812. The Hall–Kier alpha value is -3.53. The molecule has 3 rings (SSSR count). The number of hydrogen-bond acceptors (Lipinski definition) is 6. The van der Waals surface area contributed by atoms with E-state index in [0.717, 1.165) is 23.5 Å². The van der Waals surface area contributed by atoms with Crippen LogP contribution in [0, 0.1) is 15.9 Å². The maximum Gasteiger partial charge on any atom is 0.306 e. The monoisotopic (exact) mass is 375 g/mol. The van der Waals surface area contributed by atoms with E-state index in [4.69, 9.17) is 4.42 Å². The van der Waals surface area contributed by atoms with Crippen LogP contribution in [0.4, 0.5) is 20.8 Å². The lowest BCUT2D eigenvalue weighted by molar-refractivity contribution is -0.387. The highest BCUT2D eigenvalue weighted by Gasteiger charge is 2.17. The number of hydrogen-bond donors (Lipinski definition) is 2. The van der Waals surface area contributed by atoms with Gasteiger partial charge in [-0.05, 0) is 36.4 Å². The van der Waals surface area contributed by atoms with Gasteiger partial charge in [0.25, 0.3) is 11.8 Å². The Morgan fingerprint density at radius 2 is 1.92 bits per heavy atom. The first-order chi connectivity index (χ1) is 12.4. The van der Waals surface area contributed by atoms with Crippen molar-refractivity contribution in [1.82, 2.24) is 0 Å². The summed E-state index contributed by atoms with van der Waals surface area (Å²) < 4.78 is 18.3. The average Bonchev–Trinajstić information content (AvgIpc) is 3.27. The van der Waals surface area contributed by atoms with Crippen molar-refractivity contribution in [3.05, 3.63) is 75.3 Å². The summed E-state index contributed by atoms with van der Waals surface area (Å²) in [5, 5.41) is 16.2. The summed E-state index contributed by atoms with van der Waals surface area (Å²) in [6.45, 7) is 0. The highest BCUT2D eigenvalue weighted by molar-refractivity contribution is 7.18. The molecule has 0 saturated carbocycles. The number of halogens is 1. The first-order valence-corrected chi connectivity index (χ1v) is 7.95. The Balaban J connectivity index is 1.69. The van der Waals surface area contributed by atoms with Gasteiger partial charge in [-0.2, -0.15) is 4.39 Å². The molecule has 10 heteroatoms. The average molecular weight is 375 g/mol. The zero-order chi connectivity index (χ0) is 18.7. The molecule has 2 amide bonds. The Kier molecular flexibility index (Phi) is 4.76. The van der Waals surface area contributed by atoms with Crippen LogP contribution >= 0.6 is 11.3 Å². The number of carbonyl (C=O) groups is 2. The maximum absolute atomic E-state index is 13.3. The number of amides is 2. The molecule has 1 aromatic carbocycles. The number of rotatable bonds is 5. The van der Waals surface area contributed by atoms with Crippen molar-refractivity contribution in [3.63, 3.8) is 0 Å². The first kappa shape index (κ1) is 17.3. The van der Waals surface area contributed by atoms with Gasteiger partial charge in [0.2, 0.25) is 5.82 Å². The smallest absolute Gasteiger partial charge is 0.306 e. The summed E-state index contributed by atoms with van der Waals surface area (Å²) in [7, 11) is 0. The largest absolute Gasteiger partial charge is 0.459 e. The minimum atomic E-state index is -0.993. The van der Waals surface area contributed by atoms with E-state index in [2.05, 4.69) is 10.6 Å². The molecule has 0 aliphatic heterocycles. The lowest BCUT2D eigenvalue weighted by Gasteiger charge is -2.04. The van der Waals surface area contributed by atoms with Crippen molar-refractivity contribution in [3.8, 4) is 0 Å². The van der Waals surface area contributed by atoms with Gasteiger partial charge in [0, 0.05) is 11.8 Å². The van der Waals surface area contributed by atoms with Crippen LogP contribution in [-0.2, 0) is 0 Å². The molecule has 0 spiro atoms. The number of anilines is 2. The second-order valence-corrected chi connectivity index (χ2v) is 6.06. The summed E-state index contributed by atoms with van der Waals surface area (Å²) >= 11 is 1.01. The molecular formula is C16H10FN3O5S. The molecule has 0 atom stereocenters. The lowest BCUT2D eigenvalue weighted by atomic mass is 10.2. The minimum Gasteiger partial charge on any atom is -0.459 e. The zero-order valence-corrected chi connectivity index (χ0v) is 13.7. The summed E-state index contributed by atoms with van der Waals surface area (Å²) in [6.07, 6.45) is 1.37. The van der Waals surface area contributed by atoms with Gasteiger partial charge in [-0.3, -0.25) is 19.7 Å². The Labute approximate surface area is 149 Å². The molecule has 3 aromatic rings. The molecule has 0 unspecified atom stereocenters. The van der Waals surface area contributed by atoms with Gasteiger partial charge < -0.3 is 15.1 Å². The van der Waals surface area contributed by atoms with E-state index in [1.165, 1.54) is 30.5 Å². The molecule has 0 radical (unpaired) electrons. The molecule has 132 valence electrons. The van der Waals surface area contributed by atoms with Crippen molar-refractivity contribution in [2.45, 2.75) is 0 Å². The van der Waals surface area contributed by atoms with Crippen LogP contribution in [0.15, 0.2) is 53.1 Å². The van der Waals surface area contributed by atoms with E-state index in [0.29, 0.717) is 5.00 Å². The highest BCUT2D eigenvalue weighted by atomic mass is 32.1. The van der Waals surface area contributed by atoms with E-state index in [1.54, 1.807) is 6.07 Å². The van der Waals surface area contributed by atoms with Gasteiger partial charge in [-0.25, -0.2) is 0 Å². The van der Waals surface area contributed by atoms with Crippen LogP contribution in [0.1, 0.15) is 20.2 Å². The standard InChI is InChI=1S/C16H10FN3O5S/c17-10-4-3-9(8-11(10)20(23)24)18-16(22)13-5-6-14(26-13)19-15(21)12-2-1-7-25-12/h1-8H,(H,18,22)(H,19,21). The summed E-state index contributed by atoms with van der Waals surface area (Å²) in [4.78, 5) is 34.2. The van der Waals surface area contributed by atoms with Crippen molar-refractivity contribution in [2.75, 3.05) is 10.6 Å². The second-order valence-electron chi connectivity index (χ2n) is 4.97. The Morgan fingerprint density at radius 1 is 1.12 bits per heavy atom. The number of nitrogens with one attached hydrogen (secondary N) is 2. The quantitative estimate of drug-likeness (QED) is 0.518. The van der Waals surface area contributed by atoms with E-state index in [1.807, 2.05) is 0 Å². The molecule has 0 aliphatic rings. The molecule has 2 N–H and O–H groups in total. The molecule has 0 aliphatic carbocycles. The van der Waals surface area contributed by atoms with E-state index in [9.17, 15) is 24.1 Å². The van der Waals surface area contributed by atoms with Gasteiger partial charge in [-0.15, -0.1) is 11.3 Å². The van der Waals surface area contributed by atoms with Gasteiger partial charge in [0.05, 0.1) is 21.1 Å². The Bertz CT molecular complexity index is 984. The molecule has 26 heavy (non-hydrogen) atoms. The number of nitro benzene ring substituents is 1. The Morgan fingerprint density at radius 3 is 2.62 bits per heavy atom. The van der Waals surface area contributed by atoms with Gasteiger partial charge in [0.1, 0.15) is 0 Å². The fourth-order valence-corrected chi connectivity index (χ4v) is 2.83. The predicted octanol–water partition coefficient (Wildman–Crippen LogP) is 3.89. The van der Waals surface area contributed by atoms with Crippen LogP contribution in [0.5, 0.6) is 0 Å². The number of nitrogens with zero attached hydrogens (tertiary/aromatic N) is 1. The van der Waals surface area contributed by atoms with Crippen LogP contribution in [-0.4, -0.2) is 16.7 Å². The molecular weight excluding hydrogens is 365 g/mol. The molecule has 0 bridgehead atoms. The van der Waals surface area contributed by atoms with E-state index < -0.39 is 28.2 Å². The van der Waals surface area contributed by atoms with Crippen LogP contribution in [0.25, 0.3) is 0 Å². The number of thiophene rings is 1. The first-order valence-electron chi connectivity index (χ1n) is 7.14. The molecule has 2 aromatic heterocycles. The van der Waals surface area contributed by atoms with Crippen molar-refractivity contribution in [1.29, 1.82) is 0 Å². The summed E-state index contributed by atoms with van der Waals surface area (Å²) in [5.41, 5.74) is -0.655. The molecule has 8 nitrogen and oxygen atoms in total. The fourth-order valence-electron chi connectivity index (χ4n) is 2.03. The molecule has 2 heterocycles. The van der Waals surface area contributed by atoms with Crippen LogP contribution in [0.2, 0.25) is 0 Å². The third-order valence-corrected chi connectivity index (χ3v) is 4.21. The highest BCUT2D eigenvalue weighted by Crippen LogP contribution is 2.25. The zero-order valence-electron chi connectivity index (χ0n) is 12.9. The number of furan rings is 1. The maximum atomic E-state index is 13.3. The fraction of sp³-hybridized carbons (Fsp3) is 0. The summed E-state index contributed by atoms with van der Waals surface area (Å²) in [5.74, 6) is -1.87. The van der Waals surface area contributed by atoms with Crippen LogP contribution < -0.4 is 10.6 Å². The van der Waals surface area contributed by atoms with Crippen molar-refractivity contribution in [2.24, 2.45) is 0 Å². The lowest BCUT2D eigenvalue weighted by Crippen LogP contribution is -2.11. The third-order valence-electron chi connectivity index (χ3n) is 3.21. The van der Waals surface area contributed by atoms with E-state index in [-0.39, 0.29) is 16.3 Å². The number of nitro groups is 1. The van der Waals surface area contributed by atoms with Gasteiger partial charge in [0.15, 0.2) is 5.76 Å². The predicted molar refractivity (Wildman–Crippen MR) is 92.0 cm³/mol. The van der Waals surface area contributed by atoms with Crippen molar-refractivity contribution >= 4 is 39.5 Å². The SMILES string of the molecule is O=C(Nc1ccc(C(=O)Nc2ccc(F)c([N+](=O)[O-])c2)s1)c1ccco1. The van der Waals surface area contributed by atoms with Crippen LogP contribution in [0.3, 0.4) is 0 Å². The second kappa shape index (κ2) is 7.15. The van der Waals surface area contributed by atoms with Crippen molar-refractivity contribution < 1.29 is 23.3 Å². The number of benzene rings is 1. The topological polar surface area (TPSA) is 114 Å².